The molecule has 134 valence electrons. The Balaban J connectivity index is 2.27. The van der Waals surface area contributed by atoms with Gasteiger partial charge in [-0.25, -0.2) is 9.78 Å². The van der Waals surface area contributed by atoms with E-state index < -0.39 is 11.2 Å². The second kappa shape index (κ2) is 7.45. The molecule has 0 amide bonds. The first-order valence-electron chi connectivity index (χ1n) is 8.51. The summed E-state index contributed by atoms with van der Waals surface area (Å²) in [6, 6.07) is 6.09. The third kappa shape index (κ3) is 3.34. The van der Waals surface area contributed by atoms with Crippen molar-refractivity contribution in [3.63, 3.8) is 0 Å². The second-order valence-electron chi connectivity index (χ2n) is 6.22. The van der Waals surface area contributed by atoms with Gasteiger partial charge < -0.3 is 9.88 Å². The van der Waals surface area contributed by atoms with E-state index in [0.29, 0.717) is 25.0 Å². The van der Waals surface area contributed by atoms with Gasteiger partial charge in [-0.3, -0.25) is 9.78 Å². The van der Waals surface area contributed by atoms with E-state index in [4.69, 9.17) is 5.26 Å². The molecule has 0 atom stereocenters. The van der Waals surface area contributed by atoms with E-state index in [9.17, 15) is 9.59 Å². The second-order valence-corrected chi connectivity index (χ2v) is 6.22. The van der Waals surface area contributed by atoms with Gasteiger partial charge in [0.2, 0.25) is 0 Å². The van der Waals surface area contributed by atoms with Crippen LogP contribution in [0.15, 0.2) is 21.7 Å². The Morgan fingerprint density at radius 1 is 1.27 bits per heavy atom. The van der Waals surface area contributed by atoms with Gasteiger partial charge in [-0.1, -0.05) is 0 Å². The van der Waals surface area contributed by atoms with Gasteiger partial charge in [0.25, 0.3) is 5.56 Å². The van der Waals surface area contributed by atoms with Gasteiger partial charge in [0, 0.05) is 19.5 Å². The summed E-state index contributed by atoms with van der Waals surface area (Å²) in [6.45, 7) is 3.25. The van der Waals surface area contributed by atoms with Gasteiger partial charge in [0.05, 0.1) is 17.1 Å². The molecule has 0 aromatic heterocycles. The van der Waals surface area contributed by atoms with Crippen molar-refractivity contribution < 1.29 is 0 Å². The number of nitriles is 1. The molecule has 0 saturated carbocycles. The van der Waals surface area contributed by atoms with E-state index in [1.165, 1.54) is 0 Å². The molecule has 2 aliphatic heterocycles. The Bertz CT molecular complexity index is 1080. The Morgan fingerprint density at radius 2 is 2.08 bits per heavy atom. The molecule has 8 heteroatoms. The number of aromatic nitrogens is 4. The number of aryl methyl sites for hydroxylation is 2. The highest BCUT2D eigenvalue weighted by Crippen LogP contribution is 2.24. The van der Waals surface area contributed by atoms with E-state index in [2.05, 4.69) is 26.3 Å². The topological polar surface area (TPSA) is 116 Å². The predicted octanol–water partition coefficient (Wildman–Crippen LogP) is 1.31. The quantitative estimate of drug-likeness (QED) is 0.510. The summed E-state index contributed by atoms with van der Waals surface area (Å²) in [6.07, 6.45) is 1.94. The van der Waals surface area contributed by atoms with Crippen molar-refractivity contribution in [1.29, 1.82) is 5.26 Å². The van der Waals surface area contributed by atoms with E-state index in [1.807, 2.05) is 30.7 Å². The normalized spacial score (nSPS) is 11.1. The van der Waals surface area contributed by atoms with Crippen LogP contribution in [0.1, 0.15) is 30.4 Å². The van der Waals surface area contributed by atoms with Gasteiger partial charge >= 0.3 is 5.69 Å². The highest BCUT2D eigenvalue weighted by Gasteiger charge is 2.19. The number of hydrogen-bond donors (Lipinski definition) is 2. The van der Waals surface area contributed by atoms with E-state index in [-0.39, 0.29) is 11.5 Å². The maximum Gasteiger partial charge on any atom is 0.349 e. The summed E-state index contributed by atoms with van der Waals surface area (Å²) in [4.78, 5) is 34.5. The van der Waals surface area contributed by atoms with Crippen molar-refractivity contribution in [1.82, 2.24) is 24.8 Å². The molecule has 0 spiro atoms. The number of hydrogen-bond acceptors (Lipinski definition) is 6. The monoisotopic (exact) mass is 352 g/mol. The first-order chi connectivity index (χ1) is 12.5. The molecule has 3 rings (SSSR count). The van der Waals surface area contributed by atoms with Crippen LogP contribution >= 0.6 is 0 Å². The van der Waals surface area contributed by atoms with Crippen LogP contribution in [0.5, 0.6) is 0 Å². The molecule has 0 unspecified atom stereocenters. The Kier molecular flexibility index (Phi) is 5.09. The average Bonchev–Trinajstić information content (AvgIpc) is 2.60. The highest BCUT2D eigenvalue weighted by atomic mass is 16.2. The maximum atomic E-state index is 12.2. The summed E-state index contributed by atoms with van der Waals surface area (Å²) in [5.74, 6) is 0.280. The standard InChI is InChI=1S/C18H20N6O2/c1-11-8-13-14(9-12(11)10-20-2)24(7-5-3-4-6-19)16-15(21-13)17(25)23-18(26)22-16/h8-9,20H,3-5,7,10H2,1-2H3,(H,23,25,26). The van der Waals surface area contributed by atoms with E-state index in [1.54, 1.807) is 0 Å². The molecule has 0 aliphatic carbocycles. The molecule has 8 nitrogen and oxygen atoms in total. The zero-order valence-corrected chi connectivity index (χ0v) is 14.8. The Labute approximate surface area is 149 Å². The van der Waals surface area contributed by atoms with Crippen molar-refractivity contribution >= 4 is 11.0 Å². The first-order valence-corrected chi connectivity index (χ1v) is 8.51. The minimum Gasteiger partial charge on any atom is -0.322 e. The Morgan fingerprint density at radius 3 is 2.81 bits per heavy atom. The third-order valence-corrected chi connectivity index (χ3v) is 4.35. The SMILES string of the molecule is CNCc1cc2c(cc1C)nc1c(=O)[nH]c(=O)nc-1n2CCCCC#N. The van der Waals surface area contributed by atoms with Gasteiger partial charge in [0.15, 0.2) is 11.5 Å². The molecule has 2 heterocycles. The molecule has 0 saturated heterocycles. The lowest BCUT2D eigenvalue weighted by Gasteiger charge is -2.18. The highest BCUT2D eigenvalue weighted by molar-refractivity contribution is 5.81. The predicted molar refractivity (Wildman–Crippen MR) is 98.0 cm³/mol. The van der Waals surface area contributed by atoms with Crippen LogP contribution in [0.3, 0.4) is 0 Å². The van der Waals surface area contributed by atoms with Crippen molar-refractivity contribution in [3.05, 3.63) is 44.1 Å². The number of nitrogens with zero attached hydrogens (tertiary/aromatic N) is 4. The summed E-state index contributed by atoms with van der Waals surface area (Å²) in [5, 5.41) is 11.9. The van der Waals surface area contributed by atoms with Gasteiger partial charge in [0.1, 0.15) is 0 Å². The molecule has 0 fully saturated rings. The summed E-state index contributed by atoms with van der Waals surface area (Å²) >= 11 is 0. The Hall–Kier alpha value is -3.05. The number of benzene rings is 1. The fraction of sp³-hybridized carbons (Fsp3) is 0.389. The van der Waals surface area contributed by atoms with E-state index >= 15 is 0 Å². The average molecular weight is 352 g/mol. The zero-order valence-electron chi connectivity index (χ0n) is 14.8. The molecule has 2 N–H and O–H groups in total. The van der Waals surface area contributed by atoms with Gasteiger partial charge in [-0.05, 0) is 50.1 Å². The van der Waals surface area contributed by atoms with Crippen molar-refractivity contribution in [3.8, 4) is 17.6 Å². The largest absolute Gasteiger partial charge is 0.349 e. The first kappa shape index (κ1) is 17.8. The third-order valence-electron chi connectivity index (χ3n) is 4.35. The molecule has 0 bridgehead atoms. The fourth-order valence-corrected chi connectivity index (χ4v) is 3.07. The summed E-state index contributed by atoms with van der Waals surface area (Å²) in [5.41, 5.74) is 2.61. The van der Waals surface area contributed by atoms with Crippen LogP contribution in [-0.4, -0.2) is 26.6 Å². The molecule has 0 radical (unpaired) electrons. The maximum absolute atomic E-state index is 12.2. The number of nitrogens with one attached hydrogen (secondary N) is 2. The number of rotatable bonds is 6. The molecule has 26 heavy (non-hydrogen) atoms. The molecular formula is C18H20N6O2. The molecule has 1 aromatic carbocycles. The lowest BCUT2D eigenvalue weighted by Crippen LogP contribution is -2.29. The van der Waals surface area contributed by atoms with E-state index in [0.717, 1.165) is 29.5 Å². The van der Waals surface area contributed by atoms with Crippen LogP contribution in [0.2, 0.25) is 0 Å². The zero-order chi connectivity index (χ0) is 18.7. The van der Waals surface area contributed by atoms with Crippen molar-refractivity contribution in [2.75, 3.05) is 7.05 Å². The van der Waals surface area contributed by atoms with Crippen LogP contribution in [0.4, 0.5) is 0 Å². The molecule has 2 aliphatic rings. The van der Waals surface area contributed by atoms with Gasteiger partial charge in [-0.15, -0.1) is 0 Å². The van der Waals surface area contributed by atoms with Crippen LogP contribution in [0.25, 0.3) is 22.6 Å². The van der Waals surface area contributed by atoms with Gasteiger partial charge in [-0.2, -0.15) is 10.2 Å². The minimum atomic E-state index is -0.683. The molecular weight excluding hydrogens is 332 g/mol. The van der Waals surface area contributed by atoms with Crippen LogP contribution in [0, 0.1) is 18.3 Å². The fourth-order valence-electron chi connectivity index (χ4n) is 3.07. The minimum absolute atomic E-state index is 0.151. The van der Waals surface area contributed by atoms with Crippen LogP contribution < -0.4 is 16.6 Å². The number of fused-ring (bicyclic) bond motifs is 2. The number of unbranched alkanes of at least 4 members (excludes halogenated alkanes) is 2. The van der Waals surface area contributed by atoms with Crippen LogP contribution in [-0.2, 0) is 13.1 Å². The number of H-pyrrole nitrogens is 1. The summed E-state index contributed by atoms with van der Waals surface area (Å²) in [7, 11) is 1.88. The summed E-state index contributed by atoms with van der Waals surface area (Å²) < 4.78 is 1.87. The lowest BCUT2D eigenvalue weighted by molar-refractivity contribution is 0.622. The molecule has 1 aromatic rings. The smallest absolute Gasteiger partial charge is 0.322 e. The lowest BCUT2D eigenvalue weighted by atomic mass is 10.1. The van der Waals surface area contributed by atoms with Crippen molar-refractivity contribution in [2.24, 2.45) is 0 Å². The number of aromatic amines is 1. The van der Waals surface area contributed by atoms with Crippen molar-refractivity contribution in [2.45, 2.75) is 39.3 Å².